The number of nitrogens with zero attached hydrogens (tertiary/aromatic N) is 7. The lowest BCUT2D eigenvalue weighted by Crippen LogP contribution is -2.70. The molecule has 4 heterocycles. The Morgan fingerprint density at radius 2 is 1.73 bits per heavy atom. The van der Waals surface area contributed by atoms with Crippen molar-refractivity contribution in [1.29, 1.82) is 5.26 Å². The lowest BCUT2D eigenvalue weighted by molar-refractivity contribution is -0.107. The maximum atomic E-state index is 13.9. The minimum absolute atomic E-state index is 0.0916. The summed E-state index contributed by atoms with van der Waals surface area (Å²) < 4.78 is 26.5. The van der Waals surface area contributed by atoms with Gasteiger partial charge >= 0.3 is 6.09 Å². The highest BCUT2D eigenvalue weighted by molar-refractivity contribution is 5.79. The van der Waals surface area contributed by atoms with Crippen LogP contribution in [0, 0.1) is 17.1 Å². The first kappa shape index (κ1) is 33.2. The molecule has 6 rings (SSSR count). The number of amides is 2. The molecular weight excluding hydrogens is 615 g/mol. The summed E-state index contributed by atoms with van der Waals surface area (Å²) >= 11 is 0. The molecule has 0 atom stereocenters. The fourth-order valence-corrected chi connectivity index (χ4v) is 6.74. The summed E-state index contributed by atoms with van der Waals surface area (Å²) in [4.78, 5) is 32.3. The predicted molar refractivity (Wildman–Crippen MR) is 179 cm³/mol. The van der Waals surface area contributed by atoms with E-state index < -0.39 is 11.4 Å². The monoisotopic (exact) mass is 658 g/mol. The first-order valence-corrected chi connectivity index (χ1v) is 16.4. The van der Waals surface area contributed by atoms with Gasteiger partial charge in [-0.1, -0.05) is 24.3 Å². The molecule has 254 valence electrons. The molecule has 48 heavy (non-hydrogen) atoms. The smallest absolute Gasteiger partial charge is 0.410 e. The maximum Gasteiger partial charge on any atom is 0.410 e. The molecule has 13 heteroatoms. The van der Waals surface area contributed by atoms with Gasteiger partial charge in [-0.2, -0.15) is 10.4 Å². The van der Waals surface area contributed by atoms with Crippen molar-refractivity contribution in [1.82, 2.24) is 24.5 Å². The Balaban J connectivity index is 1.04. The number of anilines is 2. The molecule has 0 spiro atoms. The number of nitrogen functional groups attached to an aromatic ring is 1. The summed E-state index contributed by atoms with van der Waals surface area (Å²) in [5.74, 6) is 0.293. The van der Waals surface area contributed by atoms with Crippen LogP contribution in [0.15, 0.2) is 42.5 Å². The lowest BCUT2D eigenvalue weighted by Gasteiger charge is -2.54. The molecule has 2 amide bonds. The van der Waals surface area contributed by atoms with Crippen molar-refractivity contribution in [3.63, 3.8) is 0 Å². The number of aromatic nitrogens is 2. The number of nitrogens with two attached hydrogens (primary N) is 1. The number of rotatable bonds is 9. The molecule has 0 radical (unpaired) electrons. The average Bonchev–Trinajstić information content (AvgIpc) is 3.35. The van der Waals surface area contributed by atoms with E-state index in [1.807, 2.05) is 49.7 Å². The van der Waals surface area contributed by atoms with Crippen LogP contribution < -0.4 is 15.4 Å². The van der Waals surface area contributed by atoms with E-state index in [-0.39, 0.29) is 18.7 Å². The van der Waals surface area contributed by atoms with E-state index >= 15 is 0 Å². The number of piperidine rings is 1. The molecule has 3 fully saturated rings. The Morgan fingerprint density at radius 1 is 1.06 bits per heavy atom. The quantitative estimate of drug-likeness (QED) is 0.335. The SMILES string of the molecule is COc1ccc(F)cc1N(C=O)Cc1ccc(-c2nn(C3CCN(C4CN(C5CN(C(=O)OC(C)(C)C)C5)C4)CC3)c(N)c2C#N)cc1. The van der Waals surface area contributed by atoms with E-state index in [4.69, 9.17) is 20.3 Å². The number of carbonyl (C=O) groups excluding carboxylic acids is 2. The zero-order chi connectivity index (χ0) is 34.2. The number of hydrogen-bond donors (Lipinski definition) is 1. The van der Waals surface area contributed by atoms with Gasteiger partial charge in [0.1, 0.15) is 40.3 Å². The van der Waals surface area contributed by atoms with Crippen molar-refractivity contribution in [2.45, 2.75) is 63.9 Å². The van der Waals surface area contributed by atoms with Crippen LogP contribution in [0.3, 0.4) is 0 Å². The van der Waals surface area contributed by atoms with Crippen LogP contribution >= 0.6 is 0 Å². The number of hydrogen-bond acceptors (Lipinski definition) is 9. The highest BCUT2D eigenvalue weighted by Gasteiger charge is 2.44. The van der Waals surface area contributed by atoms with Gasteiger partial charge in [-0.05, 0) is 51.3 Å². The highest BCUT2D eigenvalue weighted by atomic mass is 19.1. The molecule has 0 aliphatic carbocycles. The van der Waals surface area contributed by atoms with Gasteiger partial charge in [0.2, 0.25) is 6.41 Å². The third-order valence-electron chi connectivity index (χ3n) is 9.50. The van der Waals surface area contributed by atoms with Gasteiger partial charge in [-0.25, -0.2) is 13.9 Å². The summed E-state index contributed by atoms with van der Waals surface area (Å²) in [6.07, 6.45) is 2.17. The van der Waals surface area contributed by atoms with E-state index in [9.17, 15) is 19.2 Å². The summed E-state index contributed by atoms with van der Waals surface area (Å²) in [5.41, 5.74) is 8.78. The fraction of sp³-hybridized carbons (Fsp3) is 0.486. The number of halogens is 1. The number of benzene rings is 2. The molecule has 2 N–H and O–H groups in total. The van der Waals surface area contributed by atoms with Gasteiger partial charge < -0.3 is 25.0 Å². The van der Waals surface area contributed by atoms with Crippen molar-refractivity contribution < 1.29 is 23.5 Å². The average molecular weight is 659 g/mol. The van der Waals surface area contributed by atoms with Crippen LogP contribution in [0.5, 0.6) is 5.75 Å². The van der Waals surface area contributed by atoms with E-state index in [0.717, 1.165) is 63.2 Å². The molecule has 12 nitrogen and oxygen atoms in total. The van der Waals surface area contributed by atoms with Crippen molar-refractivity contribution in [3.8, 4) is 23.1 Å². The Kier molecular flexibility index (Phi) is 9.31. The number of carbonyl (C=O) groups is 2. The number of methoxy groups -OCH3 is 1. The summed E-state index contributed by atoms with van der Waals surface area (Å²) in [6, 6.07) is 14.7. The molecule has 1 aromatic heterocycles. The van der Waals surface area contributed by atoms with Crippen LogP contribution in [0.4, 0.5) is 20.7 Å². The normalized spacial score (nSPS) is 18.1. The standard InChI is InChI=1S/C35H43FN8O4/c1-35(2,3)48-34(46)42-20-28(21-42)41-18-27(19-41)40-13-11-26(12-14-40)44-33(38)29(16-37)32(39-44)24-7-5-23(6-8-24)17-43(22-45)30-15-25(36)9-10-31(30)47-4/h5-10,15,22,26-28H,11-14,17-21,38H2,1-4H3. The third kappa shape index (κ3) is 6.81. The van der Waals surface area contributed by atoms with E-state index in [2.05, 4.69) is 15.9 Å². The van der Waals surface area contributed by atoms with E-state index in [1.54, 1.807) is 4.90 Å². The molecule has 0 bridgehead atoms. The van der Waals surface area contributed by atoms with Crippen molar-refractivity contribution in [2.24, 2.45) is 0 Å². The van der Waals surface area contributed by atoms with Gasteiger partial charge in [0.25, 0.3) is 0 Å². The van der Waals surface area contributed by atoms with Gasteiger partial charge in [-0.3, -0.25) is 14.6 Å². The second-order valence-corrected chi connectivity index (χ2v) is 13.8. The second kappa shape index (κ2) is 13.4. The summed E-state index contributed by atoms with van der Waals surface area (Å²) in [7, 11) is 1.47. The van der Waals surface area contributed by atoms with Gasteiger partial charge in [0.05, 0.1) is 25.4 Å². The van der Waals surface area contributed by atoms with Crippen molar-refractivity contribution in [3.05, 3.63) is 59.4 Å². The molecule has 2 aromatic carbocycles. The van der Waals surface area contributed by atoms with Crippen LogP contribution in [0.25, 0.3) is 11.3 Å². The fourth-order valence-electron chi connectivity index (χ4n) is 6.74. The first-order chi connectivity index (χ1) is 23.0. The van der Waals surface area contributed by atoms with E-state index in [0.29, 0.717) is 47.0 Å². The topological polar surface area (TPSA) is 133 Å². The van der Waals surface area contributed by atoms with Gasteiger partial charge in [-0.15, -0.1) is 0 Å². The van der Waals surface area contributed by atoms with Crippen LogP contribution in [0.1, 0.15) is 50.8 Å². The highest BCUT2D eigenvalue weighted by Crippen LogP contribution is 2.35. The largest absolute Gasteiger partial charge is 0.495 e. The predicted octanol–water partition coefficient (Wildman–Crippen LogP) is 4.26. The molecule has 0 unspecified atom stereocenters. The van der Waals surface area contributed by atoms with E-state index in [1.165, 1.54) is 30.2 Å². The Bertz CT molecular complexity index is 1680. The Hall–Kier alpha value is -4.67. The number of likely N-dealkylation sites (tertiary alicyclic amines) is 3. The minimum atomic E-state index is -0.481. The molecule has 3 aromatic rings. The Labute approximate surface area is 280 Å². The van der Waals surface area contributed by atoms with Crippen molar-refractivity contribution >= 4 is 24.0 Å². The maximum absolute atomic E-state index is 13.9. The second-order valence-electron chi connectivity index (χ2n) is 13.8. The van der Waals surface area contributed by atoms with Crippen LogP contribution in [-0.4, -0.2) is 101 Å². The summed E-state index contributed by atoms with van der Waals surface area (Å²) in [6.45, 7) is 11.1. The Morgan fingerprint density at radius 3 is 2.33 bits per heavy atom. The molecule has 3 aliphatic heterocycles. The van der Waals surface area contributed by atoms with Gasteiger partial charge in [0, 0.05) is 63.0 Å². The number of nitriles is 1. The minimum Gasteiger partial charge on any atom is -0.495 e. The number of ether oxygens (including phenoxy) is 2. The molecule has 0 saturated carbocycles. The van der Waals surface area contributed by atoms with Crippen LogP contribution in [-0.2, 0) is 16.1 Å². The lowest BCUT2D eigenvalue weighted by atomic mass is 9.96. The van der Waals surface area contributed by atoms with Crippen molar-refractivity contribution in [2.75, 3.05) is 57.0 Å². The first-order valence-electron chi connectivity index (χ1n) is 16.4. The third-order valence-corrected chi connectivity index (χ3v) is 9.50. The zero-order valence-electron chi connectivity index (χ0n) is 27.9. The molecular formula is C35H43FN8O4. The van der Waals surface area contributed by atoms with Crippen LogP contribution in [0.2, 0.25) is 0 Å². The summed E-state index contributed by atoms with van der Waals surface area (Å²) in [5, 5.41) is 14.8. The molecule has 3 aliphatic rings. The zero-order valence-corrected chi connectivity index (χ0v) is 27.9. The molecule has 3 saturated heterocycles. The van der Waals surface area contributed by atoms with Gasteiger partial charge in [0.15, 0.2) is 0 Å².